The van der Waals surface area contributed by atoms with Crippen LogP contribution >= 0.6 is 0 Å². The van der Waals surface area contributed by atoms with Gasteiger partial charge in [-0.15, -0.1) is 0 Å². The highest BCUT2D eigenvalue weighted by Crippen LogP contribution is 2.24. The van der Waals surface area contributed by atoms with E-state index in [1.807, 2.05) is 0 Å². The molecule has 0 fully saturated rings. The number of benzene rings is 1. The molecule has 1 amide bonds. The Morgan fingerprint density at radius 3 is 2.81 bits per heavy atom. The van der Waals surface area contributed by atoms with Crippen LogP contribution in [0.15, 0.2) is 24.5 Å². The Balaban J connectivity index is 2.10. The smallest absolute Gasteiger partial charge is 0.292 e. The van der Waals surface area contributed by atoms with Crippen molar-refractivity contribution in [3.63, 3.8) is 0 Å². The summed E-state index contributed by atoms with van der Waals surface area (Å²) in [6.45, 7) is 0.186. The maximum atomic E-state index is 12.0. The molecule has 110 valence electrons. The average molecular weight is 290 g/mol. The van der Waals surface area contributed by atoms with Gasteiger partial charge in [0.25, 0.3) is 11.6 Å². The van der Waals surface area contributed by atoms with Gasteiger partial charge >= 0.3 is 0 Å². The first-order valence-corrected chi connectivity index (χ1v) is 6.10. The highest BCUT2D eigenvalue weighted by molar-refractivity contribution is 5.95. The molecule has 1 aromatic heterocycles. The second-order valence-electron chi connectivity index (χ2n) is 4.26. The number of anilines is 1. The summed E-state index contributed by atoms with van der Waals surface area (Å²) in [6.07, 6.45) is 1.53. The van der Waals surface area contributed by atoms with Gasteiger partial charge in [0, 0.05) is 25.7 Å². The first-order chi connectivity index (χ1) is 10.0. The monoisotopic (exact) mass is 290 g/mol. The molecule has 2 N–H and O–H groups in total. The fourth-order valence-corrected chi connectivity index (χ4v) is 1.76. The van der Waals surface area contributed by atoms with Gasteiger partial charge in [0.15, 0.2) is 5.82 Å². The van der Waals surface area contributed by atoms with E-state index in [2.05, 4.69) is 20.7 Å². The molecule has 0 saturated heterocycles. The molecule has 1 heterocycles. The fourth-order valence-electron chi connectivity index (χ4n) is 1.76. The number of hydrogen-bond acceptors (Lipinski definition) is 6. The van der Waals surface area contributed by atoms with Gasteiger partial charge in [-0.25, -0.2) is 4.98 Å². The van der Waals surface area contributed by atoms with Crippen molar-refractivity contribution in [2.75, 3.05) is 12.4 Å². The molecule has 0 spiro atoms. The number of amides is 1. The maximum absolute atomic E-state index is 12.0. The number of nitro groups is 1. The predicted molar refractivity (Wildman–Crippen MR) is 74.8 cm³/mol. The topological polar surface area (TPSA) is 115 Å². The van der Waals surface area contributed by atoms with Crippen molar-refractivity contribution in [1.82, 2.24) is 20.1 Å². The first kappa shape index (κ1) is 14.4. The van der Waals surface area contributed by atoms with Crippen LogP contribution in [0.3, 0.4) is 0 Å². The lowest BCUT2D eigenvalue weighted by atomic mass is 10.1. The van der Waals surface area contributed by atoms with Gasteiger partial charge in [0.1, 0.15) is 12.0 Å². The number of nitrogens with one attached hydrogen (secondary N) is 2. The van der Waals surface area contributed by atoms with E-state index in [9.17, 15) is 14.9 Å². The van der Waals surface area contributed by atoms with Gasteiger partial charge in [-0.1, -0.05) is 0 Å². The Morgan fingerprint density at radius 2 is 2.24 bits per heavy atom. The Hall–Kier alpha value is -2.97. The zero-order valence-electron chi connectivity index (χ0n) is 11.5. The summed E-state index contributed by atoms with van der Waals surface area (Å²) < 4.78 is 1.53. The number of rotatable bonds is 5. The molecule has 0 aliphatic rings. The molecule has 0 saturated carbocycles. The Bertz CT molecular complexity index is 681. The maximum Gasteiger partial charge on any atom is 0.292 e. The lowest BCUT2D eigenvalue weighted by molar-refractivity contribution is -0.383. The SMILES string of the molecule is CNc1cc(C(=O)NCc2ncn(C)n2)ccc1[N+](=O)[O-]. The third-order valence-corrected chi connectivity index (χ3v) is 2.78. The second-order valence-corrected chi connectivity index (χ2v) is 4.26. The molecule has 0 aliphatic heterocycles. The number of aromatic nitrogens is 3. The van der Waals surface area contributed by atoms with Gasteiger partial charge in [-0.3, -0.25) is 19.6 Å². The zero-order chi connectivity index (χ0) is 15.4. The third kappa shape index (κ3) is 3.32. The number of carbonyl (C=O) groups excluding carboxylic acids is 1. The molecule has 2 aromatic rings. The minimum Gasteiger partial charge on any atom is -0.383 e. The van der Waals surface area contributed by atoms with Gasteiger partial charge in [-0.05, 0) is 12.1 Å². The van der Waals surface area contributed by atoms with Gasteiger partial charge in [0.05, 0.1) is 11.5 Å². The Morgan fingerprint density at radius 1 is 1.48 bits per heavy atom. The zero-order valence-corrected chi connectivity index (χ0v) is 11.5. The number of carbonyl (C=O) groups is 1. The highest BCUT2D eigenvalue weighted by atomic mass is 16.6. The summed E-state index contributed by atoms with van der Waals surface area (Å²) in [6, 6.07) is 4.12. The van der Waals surface area contributed by atoms with Crippen molar-refractivity contribution in [3.8, 4) is 0 Å². The van der Waals surface area contributed by atoms with Crippen LogP contribution in [0.2, 0.25) is 0 Å². The van der Waals surface area contributed by atoms with Crippen LogP contribution in [0.5, 0.6) is 0 Å². The number of aryl methyl sites for hydroxylation is 1. The molecule has 1 aromatic carbocycles. The van der Waals surface area contributed by atoms with E-state index in [-0.39, 0.29) is 23.8 Å². The normalized spacial score (nSPS) is 10.2. The third-order valence-electron chi connectivity index (χ3n) is 2.78. The average Bonchev–Trinajstić information content (AvgIpc) is 2.89. The standard InChI is InChI=1S/C12H14N6O3/c1-13-9-5-8(3-4-10(9)18(20)21)12(19)14-6-11-15-7-17(2)16-11/h3-5,7,13H,6H2,1-2H3,(H,14,19). The summed E-state index contributed by atoms with van der Waals surface area (Å²) in [7, 11) is 3.29. The molecule has 0 aliphatic carbocycles. The van der Waals surface area contributed by atoms with Crippen molar-refractivity contribution in [2.45, 2.75) is 6.54 Å². The van der Waals surface area contributed by atoms with E-state index in [1.54, 1.807) is 14.1 Å². The van der Waals surface area contributed by atoms with Crippen LogP contribution in [0.1, 0.15) is 16.2 Å². The van der Waals surface area contributed by atoms with Crippen LogP contribution in [0.4, 0.5) is 11.4 Å². The van der Waals surface area contributed by atoms with E-state index in [1.165, 1.54) is 29.2 Å². The van der Waals surface area contributed by atoms with Crippen molar-refractivity contribution in [3.05, 3.63) is 46.0 Å². The van der Waals surface area contributed by atoms with Crippen molar-refractivity contribution in [1.29, 1.82) is 0 Å². The molecule has 0 unspecified atom stereocenters. The van der Waals surface area contributed by atoms with Gasteiger partial charge in [0.2, 0.25) is 0 Å². The Kier molecular flexibility index (Phi) is 4.12. The molecule has 21 heavy (non-hydrogen) atoms. The molecule has 2 rings (SSSR count). The summed E-state index contributed by atoms with van der Waals surface area (Å²) in [4.78, 5) is 26.3. The largest absolute Gasteiger partial charge is 0.383 e. The van der Waals surface area contributed by atoms with Crippen LogP contribution in [-0.2, 0) is 13.6 Å². The highest BCUT2D eigenvalue weighted by Gasteiger charge is 2.16. The number of nitrogens with zero attached hydrogens (tertiary/aromatic N) is 4. The molecule has 9 nitrogen and oxygen atoms in total. The van der Waals surface area contributed by atoms with Crippen LogP contribution in [-0.4, -0.2) is 32.6 Å². The number of nitro benzene ring substituents is 1. The molecule has 9 heteroatoms. The fraction of sp³-hybridized carbons (Fsp3) is 0.250. The quantitative estimate of drug-likeness (QED) is 0.618. The van der Waals surface area contributed by atoms with E-state index in [0.29, 0.717) is 11.4 Å². The van der Waals surface area contributed by atoms with E-state index >= 15 is 0 Å². The molecular formula is C12H14N6O3. The summed E-state index contributed by atoms with van der Waals surface area (Å²) in [5.74, 6) is 0.135. The van der Waals surface area contributed by atoms with Crippen molar-refractivity contribution in [2.24, 2.45) is 7.05 Å². The van der Waals surface area contributed by atoms with Gasteiger partial charge < -0.3 is 10.6 Å². The van der Waals surface area contributed by atoms with Crippen LogP contribution in [0, 0.1) is 10.1 Å². The second kappa shape index (κ2) is 5.99. The summed E-state index contributed by atoms with van der Waals surface area (Å²) in [5, 5.41) is 20.2. The summed E-state index contributed by atoms with van der Waals surface area (Å²) >= 11 is 0. The summed E-state index contributed by atoms with van der Waals surface area (Å²) in [5.41, 5.74) is 0.518. The predicted octanol–water partition coefficient (Wildman–Crippen LogP) is 0.695. The minimum atomic E-state index is -0.509. The minimum absolute atomic E-state index is 0.0829. The first-order valence-electron chi connectivity index (χ1n) is 6.10. The lowest BCUT2D eigenvalue weighted by Crippen LogP contribution is -2.23. The molecule has 0 radical (unpaired) electrons. The molecule has 0 bridgehead atoms. The van der Waals surface area contributed by atoms with Gasteiger partial charge in [-0.2, -0.15) is 5.10 Å². The molecule has 0 atom stereocenters. The Labute approximate surface area is 120 Å². The van der Waals surface area contributed by atoms with Crippen LogP contribution < -0.4 is 10.6 Å². The lowest BCUT2D eigenvalue weighted by Gasteiger charge is -2.06. The van der Waals surface area contributed by atoms with E-state index < -0.39 is 4.92 Å². The van der Waals surface area contributed by atoms with E-state index in [4.69, 9.17) is 0 Å². The molecular weight excluding hydrogens is 276 g/mol. The van der Waals surface area contributed by atoms with Crippen molar-refractivity contribution >= 4 is 17.3 Å². The van der Waals surface area contributed by atoms with Crippen LogP contribution in [0.25, 0.3) is 0 Å². The van der Waals surface area contributed by atoms with Crippen molar-refractivity contribution < 1.29 is 9.72 Å². The van der Waals surface area contributed by atoms with E-state index in [0.717, 1.165) is 0 Å². The number of hydrogen-bond donors (Lipinski definition) is 2.